The van der Waals surface area contributed by atoms with Gasteiger partial charge >= 0.3 is 0 Å². The molecule has 1 atom stereocenters. The molecule has 0 fully saturated rings. The first kappa shape index (κ1) is 19.2. The van der Waals surface area contributed by atoms with Crippen LogP contribution in [0.5, 0.6) is 0 Å². The molecule has 1 unspecified atom stereocenters. The molecular weight excluding hydrogens is 386 g/mol. The van der Waals surface area contributed by atoms with Crippen molar-refractivity contribution in [2.24, 2.45) is 0 Å². The molecule has 0 saturated carbocycles. The van der Waals surface area contributed by atoms with E-state index >= 15 is 0 Å². The molecule has 0 N–H and O–H groups in total. The predicted molar refractivity (Wildman–Crippen MR) is 114 cm³/mol. The molecule has 5 nitrogen and oxygen atoms in total. The Hall–Kier alpha value is -3.18. The van der Waals surface area contributed by atoms with E-state index in [9.17, 15) is 9.59 Å². The lowest BCUT2D eigenvalue weighted by Crippen LogP contribution is -2.42. The number of aromatic nitrogens is 1. The number of pyridine rings is 1. The number of amides is 2. The number of hydrogen-bond acceptors (Lipinski definition) is 3. The van der Waals surface area contributed by atoms with Crippen molar-refractivity contribution < 1.29 is 9.59 Å². The zero-order valence-electron chi connectivity index (χ0n) is 16.0. The van der Waals surface area contributed by atoms with Crippen molar-refractivity contribution >= 4 is 34.8 Å². The van der Waals surface area contributed by atoms with Crippen LogP contribution in [0, 0.1) is 0 Å². The van der Waals surface area contributed by atoms with Crippen LogP contribution in [0.2, 0.25) is 5.02 Å². The number of fused-ring (bicyclic) bond motifs is 1. The van der Waals surface area contributed by atoms with E-state index in [-0.39, 0.29) is 17.9 Å². The monoisotopic (exact) mass is 405 g/mol. The second-order valence-electron chi connectivity index (χ2n) is 6.93. The molecule has 2 heterocycles. The van der Waals surface area contributed by atoms with Crippen molar-refractivity contribution in [2.45, 2.75) is 19.4 Å². The lowest BCUT2D eigenvalue weighted by atomic mass is 9.93. The maximum absolute atomic E-state index is 13.1. The highest BCUT2D eigenvalue weighted by molar-refractivity contribution is 6.30. The quantitative estimate of drug-likeness (QED) is 0.624. The van der Waals surface area contributed by atoms with Crippen molar-refractivity contribution in [2.75, 3.05) is 16.3 Å². The highest BCUT2D eigenvalue weighted by Crippen LogP contribution is 2.40. The summed E-state index contributed by atoms with van der Waals surface area (Å²) in [6.45, 7) is 2.07. The second-order valence-corrected chi connectivity index (χ2v) is 7.36. The van der Waals surface area contributed by atoms with E-state index in [1.165, 1.54) is 0 Å². The molecule has 1 aliphatic rings. The van der Waals surface area contributed by atoms with Gasteiger partial charge in [-0.2, -0.15) is 0 Å². The Morgan fingerprint density at radius 2 is 1.83 bits per heavy atom. The van der Waals surface area contributed by atoms with Crippen LogP contribution in [0.3, 0.4) is 0 Å². The minimum atomic E-state index is -0.164. The number of nitrogens with zero attached hydrogens (tertiary/aromatic N) is 3. The minimum absolute atomic E-state index is 0.0563. The molecule has 6 heteroatoms. The number of hydrogen-bond donors (Lipinski definition) is 0. The lowest BCUT2D eigenvalue weighted by molar-refractivity contribution is -0.117. The summed E-state index contributed by atoms with van der Waals surface area (Å²) in [7, 11) is 0. The second kappa shape index (κ2) is 8.05. The van der Waals surface area contributed by atoms with Crippen molar-refractivity contribution in [3.8, 4) is 0 Å². The Labute approximate surface area is 174 Å². The molecule has 4 rings (SSSR count). The Kier molecular flexibility index (Phi) is 5.32. The average Bonchev–Trinajstić information content (AvgIpc) is 2.75. The molecule has 2 amide bonds. The van der Waals surface area contributed by atoms with Crippen molar-refractivity contribution in [1.82, 2.24) is 4.98 Å². The summed E-state index contributed by atoms with van der Waals surface area (Å²) in [6.07, 6.45) is 3.85. The number of anilines is 2. The third-order valence-electron chi connectivity index (χ3n) is 5.12. The minimum Gasteiger partial charge on any atom is -0.308 e. The van der Waals surface area contributed by atoms with Crippen LogP contribution in [-0.4, -0.2) is 23.3 Å². The van der Waals surface area contributed by atoms with Gasteiger partial charge in [-0.25, -0.2) is 0 Å². The van der Waals surface area contributed by atoms with Gasteiger partial charge < -0.3 is 9.80 Å². The van der Waals surface area contributed by atoms with E-state index in [0.29, 0.717) is 23.6 Å². The largest absolute Gasteiger partial charge is 0.308 e. The fraction of sp³-hybridized carbons (Fsp3) is 0.174. The SMILES string of the molecule is CC(=O)N(c1ccc(Cl)cc1)C1CCN(C(=O)c2cccnc2)c2ccccc21. The molecule has 0 radical (unpaired) electrons. The van der Waals surface area contributed by atoms with Gasteiger partial charge in [-0.15, -0.1) is 0 Å². The van der Waals surface area contributed by atoms with Crippen LogP contribution in [0.4, 0.5) is 11.4 Å². The Morgan fingerprint density at radius 1 is 1.07 bits per heavy atom. The van der Waals surface area contributed by atoms with E-state index in [1.807, 2.05) is 36.4 Å². The number of carbonyl (C=O) groups is 2. The number of carbonyl (C=O) groups excluding carboxylic acids is 2. The Morgan fingerprint density at radius 3 is 2.52 bits per heavy atom. The predicted octanol–water partition coefficient (Wildman–Crippen LogP) is 4.88. The molecule has 2 aromatic carbocycles. The van der Waals surface area contributed by atoms with E-state index in [2.05, 4.69) is 4.98 Å². The number of para-hydroxylation sites is 1. The topological polar surface area (TPSA) is 53.5 Å². The Balaban J connectivity index is 1.73. The maximum Gasteiger partial charge on any atom is 0.259 e. The summed E-state index contributed by atoms with van der Waals surface area (Å²) >= 11 is 6.02. The van der Waals surface area contributed by atoms with Gasteiger partial charge in [0.2, 0.25) is 5.91 Å². The molecule has 3 aromatic rings. The lowest BCUT2D eigenvalue weighted by Gasteiger charge is -2.39. The Bertz CT molecular complexity index is 1040. The highest BCUT2D eigenvalue weighted by atomic mass is 35.5. The molecular formula is C23H20ClN3O2. The number of rotatable bonds is 3. The standard InChI is InChI=1S/C23H20ClN3O2/c1-16(28)27(19-10-8-18(24)9-11-19)22-12-14-26(21-7-3-2-6-20(21)22)23(29)17-5-4-13-25-15-17/h2-11,13,15,22H,12,14H2,1H3. The van der Waals surface area contributed by atoms with Crippen LogP contribution in [-0.2, 0) is 4.79 Å². The summed E-state index contributed by atoms with van der Waals surface area (Å²) in [4.78, 5) is 33.3. The fourth-order valence-corrected chi connectivity index (χ4v) is 3.98. The van der Waals surface area contributed by atoms with Gasteiger partial charge in [-0.3, -0.25) is 14.6 Å². The summed E-state index contributed by atoms with van der Waals surface area (Å²) in [5.41, 5.74) is 3.09. The molecule has 0 bridgehead atoms. The van der Waals surface area contributed by atoms with Crippen LogP contribution >= 0.6 is 11.6 Å². The molecule has 146 valence electrons. The van der Waals surface area contributed by atoms with Crippen LogP contribution < -0.4 is 9.80 Å². The first-order chi connectivity index (χ1) is 14.1. The van der Waals surface area contributed by atoms with E-state index in [1.54, 1.807) is 53.4 Å². The van der Waals surface area contributed by atoms with Gasteiger partial charge in [0.15, 0.2) is 0 Å². The molecule has 0 spiro atoms. The third kappa shape index (κ3) is 3.74. The van der Waals surface area contributed by atoms with Gasteiger partial charge in [0.25, 0.3) is 5.91 Å². The smallest absolute Gasteiger partial charge is 0.259 e. The zero-order valence-corrected chi connectivity index (χ0v) is 16.7. The van der Waals surface area contributed by atoms with Gasteiger partial charge in [0.1, 0.15) is 0 Å². The summed E-state index contributed by atoms with van der Waals surface area (Å²) in [5, 5.41) is 0.620. The van der Waals surface area contributed by atoms with Gasteiger partial charge in [0.05, 0.1) is 11.6 Å². The molecule has 0 aliphatic carbocycles. The number of benzene rings is 2. The summed E-state index contributed by atoms with van der Waals surface area (Å²) < 4.78 is 0. The van der Waals surface area contributed by atoms with Crippen LogP contribution in [0.15, 0.2) is 73.1 Å². The summed E-state index contributed by atoms with van der Waals surface area (Å²) in [5.74, 6) is -0.149. The van der Waals surface area contributed by atoms with Crippen molar-refractivity contribution in [3.05, 3.63) is 89.2 Å². The van der Waals surface area contributed by atoms with Crippen molar-refractivity contribution in [3.63, 3.8) is 0 Å². The zero-order chi connectivity index (χ0) is 20.4. The first-order valence-electron chi connectivity index (χ1n) is 9.42. The fourth-order valence-electron chi connectivity index (χ4n) is 3.85. The van der Waals surface area contributed by atoms with E-state index in [4.69, 9.17) is 11.6 Å². The molecule has 0 saturated heterocycles. The highest BCUT2D eigenvalue weighted by Gasteiger charge is 2.34. The van der Waals surface area contributed by atoms with Crippen LogP contribution in [0.1, 0.15) is 35.3 Å². The molecule has 1 aromatic heterocycles. The molecule has 29 heavy (non-hydrogen) atoms. The summed E-state index contributed by atoms with van der Waals surface area (Å²) in [6, 6.07) is 18.4. The van der Waals surface area contributed by atoms with Crippen molar-refractivity contribution in [1.29, 1.82) is 0 Å². The van der Waals surface area contributed by atoms with Crippen LogP contribution in [0.25, 0.3) is 0 Å². The van der Waals surface area contributed by atoms with Gasteiger partial charge in [-0.05, 0) is 54.4 Å². The maximum atomic E-state index is 13.1. The van der Waals surface area contributed by atoms with Gasteiger partial charge in [-0.1, -0.05) is 29.8 Å². The average molecular weight is 406 g/mol. The first-order valence-corrected chi connectivity index (χ1v) is 9.80. The van der Waals surface area contributed by atoms with E-state index in [0.717, 1.165) is 16.9 Å². The number of halogens is 1. The normalized spacial score (nSPS) is 15.5. The molecule has 1 aliphatic heterocycles. The van der Waals surface area contributed by atoms with E-state index < -0.39 is 0 Å². The van der Waals surface area contributed by atoms with Gasteiger partial charge in [0, 0.05) is 42.3 Å². The third-order valence-corrected chi connectivity index (χ3v) is 5.37.